The highest BCUT2D eigenvalue weighted by Crippen LogP contribution is 2.28. The van der Waals surface area contributed by atoms with Gasteiger partial charge in [0, 0.05) is 41.0 Å². The topological polar surface area (TPSA) is 61.0 Å². The molecule has 130 valence electrons. The third kappa shape index (κ3) is 3.17. The molecule has 3 aromatic rings. The third-order valence-corrected chi connectivity index (χ3v) is 5.59. The van der Waals surface area contributed by atoms with Gasteiger partial charge in [-0.25, -0.2) is 9.37 Å². The van der Waals surface area contributed by atoms with E-state index >= 15 is 0 Å². The quantitative estimate of drug-likeness (QED) is 0.756. The number of aromatic nitrogens is 2. The van der Waals surface area contributed by atoms with Crippen molar-refractivity contribution in [1.29, 1.82) is 0 Å². The Morgan fingerprint density at radius 1 is 1.48 bits per heavy atom. The van der Waals surface area contributed by atoms with E-state index in [0.29, 0.717) is 5.13 Å². The fourth-order valence-corrected chi connectivity index (χ4v) is 4.39. The van der Waals surface area contributed by atoms with E-state index in [1.165, 1.54) is 28.3 Å². The van der Waals surface area contributed by atoms with Crippen LogP contribution in [0.15, 0.2) is 18.2 Å². The Balaban J connectivity index is 1.53. The summed E-state index contributed by atoms with van der Waals surface area (Å²) in [7, 11) is 2.08. The molecular weight excluding hydrogens is 339 g/mol. The number of nitrogens with zero attached hydrogens (tertiary/aromatic N) is 2. The summed E-state index contributed by atoms with van der Waals surface area (Å²) in [6.07, 6.45) is 1.11. The number of H-pyrrole nitrogens is 1. The summed E-state index contributed by atoms with van der Waals surface area (Å²) in [5.74, 6) is -0.433. The second-order valence-corrected chi connectivity index (χ2v) is 7.60. The number of rotatable bonds is 3. The van der Waals surface area contributed by atoms with Crippen molar-refractivity contribution < 1.29 is 9.18 Å². The van der Waals surface area contributed by atoms with Crippen LogP contribution in [0, 0.1) is 12.7 Å². The van der Waals surface area contributed by atoms with Gasteiger partial charge < -0.3 is 15.2 Å². The van der Waals surface area contributed by atoms with Gasteiger partial charge in [-0.05, 0) is 37.7 Å². The number of fused-ring (bicyclic) bond motifs is 2. The van der Waals surface area contributed by atoms with Crippen LogP contribution in [0.4, 0.5) is 9.52 Å². The number of likely N-dealkylation sites (N-methyl/N-ethyl adjacent to an activating group) is 1. The van der Waals surface area contributed by atoms with Gasteiger partial charge in [0.05, 0.1) is 12.1 Å². The van der Waals surface area contributed by atoms with E-state index in [1.807, 2.05) is 6.92 Å². The minimum Gasteiger partial charge on any atom is -0.358 e. The number of amides is 1. The molecular formula is C18H19FN4OS. The molecule has 3 heterocycles. The van der Waals surface area contributed by atoms with Crippen molar-refractivity contribution in [2.45, 2.75) is 26.3 Å². The molecule has 0 spiro atoms. The normalized spacial score (nSPS) is 14.7. The molecule has 0 saturated carbocycles. The molecule has 0 saturated heterocycles. The van der Waals surface area contributed by atoms with Crippen molar-refractivity contribution in [1.82, 2.24) is 14.9 Å². The Hall–Kier alpha value is -2.25. The second kappa shape index (κ2) is 6.24. The number of thiazole rings is 1. The summed E-state index contributed by atoms with van der Waals surface area (Å²) >= 11 is 1.54. The number of nitrogens with one attached hydrogen (secondary N) is 2. The molecule has 5 nitrogen and oxygen atoms in total. The summed E-state index contributed by atoms with van der Waals surface area (Å²) in [5, 5.41) is 4.31. The summed E-state index contributed by atoms with van der Waals surface area (Å²) < 4.78 is 13.5. The van der Waals surface area contributed by atoms with Crippen molar-refractivity contribution in [3.63, 3.8) is 0 Å². The summed E-state index contributed by atoms with van der Waals surface area (Å²) in [6.45, 7) is 3.77. The van der Waals surface area contributed by atoms with Crippen LogP contribution in [0.5, 0.6) is 0 Å². The van der Waals surface area contributed by atoms with Crippen LogP contribution in [-0.2, 0) is 24.2 Å². The van der Waals surface area contributed by atoms with Gasteiger partial charge in [0.1, 0.15) is 5.82 Å². The molecule has 0 aliphatic carbocycles. The number of anilines is 1. The molecule has 4 rings (SSSR count). The van der Waals surface area contributed by atoms with Gasteiger partial charge in [0.2, 0.25) is 5.91 Å². The maximum Gasteiger partial charge on any atom is 0.230 e. The Labute approximate surface area is 148 Å². The highest BCUT2D eigenvalue weighted by atomic mass is 32.1. The summed E-state index contributed by atoms with van der Waals surface area (Å²) in [6, 6.07) is 4.59. The molecule has 7 heteroatoms. The Bertz CT molecular complexity index is 962. The molecule has 2 aromatic heterocycles. The zero-order valence-corrected chi connectivity index (χ0v) is 15.0. The predicted molar refractivity (Wildman–Crippen MR) is 97.5 cm³/mol. The predicted octanol–water partition coefficient (Wildman–Crippen LogP) is 3.24. The van der Waals surface area contributed by atoms with Gasteiger partial charge in [-0.3, -0.25) is 4.79 Å². The number of hydrogen-bond donors (Lipinski definition) is 2. The van der Waals surface area contributed by atoms with E-state index < -0.39 is 0 Å². The molecule has 0 unspecified atom stereocenters. The van der Waals surface area contributed by atoms with Gasteiger partial charge >= 0.3 is 0 Å². The van der Waals surface area contributed by atoms with Gasteiger partial charge in [-0.1, -0.05) is 0 Å². The maximum absolute atomic E-state index is 13.5. The van der Waals surface area contributed by atoms with E-state index in [-0.39, 0.29) is 18.1 Å². The molecule has 1 amide bonds. The maximum atomic E-state index is 13.5. The van der Waals surface area contributed by atoms with Crippen LogP contribution in [0.2, 0.25) is 0 Å². The number of hydrogen-bond acceptors (Lipinski definition) is 4. The average molecular weight is 358 g/mol. The molecule has 1 aliphatic heterocycles. The Morgan fingerprint density at radius 2 is 2.32 bits per heavy atom. The summed E-state index contributed by atoms with van der Waals surface area (Å²) in [5.41, 5.74) is 3.64. The smallest absolute Gasteiger partial charge is 0.230 e. The lowest BCUT2D eigenvalue weighted by molar-refractivity contribution is -0.115. The largest absolute Gasteiger partial charge is 0.358 e. The SMILES string of the molecule is Cc1[nH]c2ccc(F)cc2c1CC(=O)Nc1nc2c(s1)CN(C)CC2. The van der Waals surface area contributed by atoms with E-state index in [4.69, 9.17) is 0 Å². The lowest BCUT2D eigenvalue weighted by atomic mass is 10.1. The molecule has 1 aromatic carbocycles. The first-order valence-corrected chi connectivity index (χ1v) is 9.05. The molecule has 25 heavy (non-hydrogen) atoms. The lowest BCUT2D eigenvalue weighted by Gasteiger charge is -2.20. The molecule has 0 bridgehead atoms. The van der Waals surface area contributed by atoms with Crippen LogP contribution < -0.4 is 5.32 Å². The Morgan fingerprint density at radius 3 is 3.16 bits per heavy atom. The fraction of sp³-hybridized carbons (Fsp3) is 0.333. The van der Waals surface area contributed by atoms with Gasteiger partial charge in [0.15, 0.2) is 5.13 Å². The first-order chi connectivity index (χ1) is 12.0. The van der Waals surface area contributed by atoms with Crippen molar-refractivity contribution in [2.24, 2.45) is 0 Å². The highest BCUT2D eigenvalue weighted by molar-refractivity contribution is 7.15. The van der Waals surface area contributed by atoms with Crippen LogP contribution in [0.1, 0.15) is 21.8 Å². The molecule has 1 aliphatic rings. The van der Waals surface area contributed by atoms with Crippen molar-refractivity contribution in [3.8, 4) is 0 Å². The summed E-state index contributed by atoms with van der Waals surface area (Å²) in [4.78, 5) is 23.7. The van der Waals surface area contributed by atoms with Crippen LogP contribution >= 0.6 is 11.3 Å². The number of aryl methyl sites for hydroxylation is 1. The number of carbonyl (C=O) groups is 1. The highest BCUT2D eigenvalue weighted by Gasteiger charge is 2.20. The Kier molecular flexibility index (Phi) is 4.05. The first kappa shape index (κ1) is 16.2. The third-order valence-electron chi connectivity index (χ3n) is 4.59. The van der Waals surface area contributed by atoms with Gasteiger partial charge in [-0.2, -0.15) is 0 Å². The average Bonchev–Trinajstić information content (AvgIpc) is 3.08. The molecule has 0 fully saturated rings. The number of carbonyl (C=O) groups excluding carboxylic acids is 1. The van der Waals surface area contributed by atoms with E-state index in [9.17, 15) is 9.18 Å². The zero-order chi connectivity index (χ0) is 17.6. The number of halogens is 1. The standard InChI is InChI=1S/C18H19FN4OS/c1-10-12(13-7-11(19)3-4-14(13)20-10)8-17(24)22-18-21-15-5-6-23(2)9-16(15)25-18/h3-4,7,20H,5-6,8-9H2,1-2H3,(H,21,22,24). The van der Waals surface area contributed by atoms with Crippen molar-refractivity contribution in [3.05, 3.63) is 45.8 Å². The second-order valence-electron chi connectivity index (χ2n) is 6.52. The van der Waals surface area contributed by atoms with E-state index in [2.05, 4.69) is 27.2 Å². The lowest BCUT2D eigenvalue weighted by Crippen LogP contribution is -2.25. The van der Waals surface area contributed by atoms with Crippen molar-refractivity contribution >= 4 is 33.3 Å². The minimum absolute atomic E-state index is 0.132. The number of aromatic amines is 1. The minimum atomic E-state index is -0.301. The first-order valence-electron chi connectivity index (χ1n) is 8.23. The van der Waals surface area contributed by atoms with Gasteiger partial charge in [0.25, 0.3) is 0 Å². The van der Waals surface area contributed by atoms with E-state index in [1.54, 1.807) is 6.07 Å². The monoisotopic (exact) mass is 358 g/mol. The molecule has 2 N–H and O–H groups in total. The van der Waals surface area contributed by atoms with Crippen molar-refractivity contribution in [2.75, 3.05) is 18.9 Å². The van der Waals surface area contributed by atoms with E-state index in [0.717, 1.165) is 47.4 Å². The number of benzene rings is 1. The molecule has 0 radical (unpaired) electrons. The van der Waals surface area contributed by atoms with Crippen LogP contribution in [-0.4, -0.2) is 34.4 Å². The molecule has 0 atom stereocenters. The zero-order valence-electron chi connectivity index (χ0n) is 14.1. The van der Waals surface area contributed by atoms with Gasteiger partial charge in [-0.15, -0.1) is 11.3 Å². The van der Waals surface area contributed by atoms with Crippen LogP contribution in [0.3, 0.4) is 0 Å². The van der Waals surface area contributed by atoms with Crippen LogP contribution in [0.25, 0.3) is 10.9 Å². The fourth-order valence-electron chi connectivity index (χ4n) is 3.28.